The van der Waals surface area contributed by atoms with Gasteiger partial charge in [-0.1, -0.05) is 6.08 Å². The molecule has 0 saturated heterocycles. The van der Waals surface area contributed by atoms with Crippen molar-refractivity contribution in [3.8, 4) is 5.75 Å². The van der Waals surface area contributed by atoms with Gasteiger partial charge in [-0.15, -0.1) is 0 Å². The van der Waals surface area contributed by atoms with Crippen LogP contribution in [0.1, 0.15) is 10.4 Å². The molecular weight excluding hydrogens is 234 g/mol. The molecule has 1 amide bonds. The minimum absolute atomic E-state index is 0.216. The van der Waals surface area contributed by atoms with Crippen molar-refractivity contribution in [1.29, 1.82) is 0 Å². The van der Waals surface area contributed by atoms with E-state index < -0.39 is 5.97 Å². The summed E-state index contributed by atoms with van der Waals surface area (Å²) in [4.78, 5) is 22.4. The number of hydrogen-bond acceptors (Lipinski definition) is 4. The quantitative estimate of drug-likeness (QED) is 0.628. The summed E-state index contributed by atoms with van der Waals surface area (Å²) < 4.78 is 9.41. The highest BCUT2D eigenvalue weighted by Crippen LogP contribution is 2.10. The largest absolute Gasteiger partial charge is 0.497 e. The summed E-state index contributed by atoms with van der Waals surface area (Å²) in [5.74, 6) is 0.0259. The van der Waals surface area contributed by atoms with Gasteiger partial charge in [0.1, 0.15) is 5.75 Å². The maximum Gasteiger partial charge on any atom is 0.330 e. The Morgan fingerprint density at radius 1 is 1.22 bits per heavy atom. The highest BCUT2D eigenvalue weighted by molar-refractivity contribution is 5.94. The van der Waals surface area contributed by atoms with Crippen molar-refractivity contribution in [2.45, 2.75) is 0 Å². The van der Waals surface area contributed by atoms with Gasteiger partial charge in [-0.25, -0.2) is 4.79 Å². The molecule has 0 unspecified atom stereocenters. The number of carbonyl (C=O) groups excluding carboxylic acids is 2. The molecule has 0 spiro atoms. The molecule has 0 aliphatic carbocycles. The highest BCUT2D eigenvalue weighted by atomic mass is 16.5. The van der Waals surface area contributed by atoms with Crippen LogP contribution in [0, 0.1) is 0 Å². The third-order valence-corrected chi connectivity index (χ3v) is 2.19. The van der Waals surface area contributed by atoms with E-state index >= 15 is 0 Å². The number of esters is 1. The summed E-state index contributed by atoms with van der Waals surface area (Å²) >= 11 is 0. The topological polar surface area (TPSA) is 64.6 Å². The summed E-state index contributed by atoms with van der Waals surface area (Å²) in [6, 6.07) is 6.74. The minimum atomic E-state index is -0.450. The van der Waals surface area contributed by atoms with Gasteiger partial charge in [0.05, 0.1) is 14.2 Å². The SMILES string of the molecule is COC(=O)/C=C/CNC(=O)c1ccc(OC)cc1. The lowest BCUT2D eigenvalue weighted by Crippen LogP contribution is -2.23. The second-order valence-corrected chi connectivity index (χ2v) is 3.36. The molecule has 0 fully saturated rings. The average Bonchev–Trinajstić information content (AvgIpc) is 2.43. The van der Waals surface area contributed by atoms with Gasteiger partial charge >= 0.3 is 5.97 Å². The second kappa shape index (κ2) is 7.11. The molecule has 5 heteroatoms. The molecule has 0 heterocycles. The van der Waals surface area contributed by atoms with E-state index in [9.17, 15) is 9.59 Å². The van der Waals surface area contributed by atoms with Gasteiger partial charge in [0, 0.05) is 18.2 Å². The lowest BCUT2D eigenvalue weighted by Gasteiger charge is -2.03. The first kappa shape index (κ1) is 13.8. The van der Waals surface area contributed by atoms with Gasteiger partial charge < -0.3 is 14.8 Å². The molecule has 1 rings (SSSR count). The number of hydrogen-bond donors (Lipinski definition) is 1. The van der Waals surface area contributed by atoms with Crippen LogP contribution in [-0.4, -0.2) is 32.6 Å². The zero-order valence-electron chi connectivity index (χ0n) is 10.3. The molecule has 0 atom stereocenters. The predicted molar refractivity (Wildman–Crippen MR) is 66.5 cm³/mol. The van der Waals surface area contributed by atoms with Gasteiger partial charge in [-0.3, -0.25) is 4.79 Å². The third kappa shape index (κ3) is 4.29. The highest BCUT2D eigenvalue weighted by Gasteiger charge is 2.03. The van der Waals surface area contributed by atoms with Gasteiger partial charge in [0.25, 0.3) is 5.91 Å². The zero-order valence-corrected chi connectivity index (χ0v) is 10.3. The number of amides is 1. The number of rotatable bonds is 5. The van der Waals surface area contributed by atoms with E-state index in [0.717, 1.165) is 0 Å². The van der Waals surface area contributed by atoms with Gasteiger partial charge in [-0.2, -0.15) is 0 Å². The van der Waals surface area contributed by atoms with Crippen molar-refractivity contribution in [1.82, 2.24) is 5.32 Å². The first-order chi connectivity index (χ1) is 8.67. The van der Waals surface area contributed by atoms with Crippen LogP contribution < -0.4 is 10.1 Å². The number of methoxy groups -OCH3 is 2. The van der Waals surface area contributed by atoms with Crippen LogP contribution in [0.2, 0.25) is 0 Å². The van der Waals surface area contributed by atoms with Crippen molar-refractivity contribution in [2.75, 3.05) is 20.8 Å². The van der Waals surface area contributed by atoms with Gasteiger partial charge in [0.15, 0.2) is 0 Å². The molecule has 0 radical (unpaired) electrons. The maximum absolute atomic E-state index is 11.7. The molecule has 1 N–H and O–H groups in total. The van der Waals surface area contributed by atoms with E-state index in [4.69, 9.17) is 4.74 Å². The standard InChI is InChI=1S/C13H15NO4/c1-17-11-7-5-10(6-8-11)13(16)14-9-3-4-12(15)18-2/h3-8H,9H2,1-2H3,(H,14,16)/b4-3+. The van der Waals surface area contributed by atoms with Crippen LogP contribution in [0.3, 0.4) is 0 Å². The molecule has 1 aromatic rings. The number of ether oxygens (including phenoxy) is 2. The van der Waals surface area contributed by atoms with Crippen molar-refractivity contribution < 1.29 is 19.1 Å². The molecule has 0 bridgehead atoms. The van der Waals surface area contributed by atoms with E-state index in [-0.39, 0.29) is 12.5 Å². The smallest absolute Gasteiger partial charge is 0.330 e. The van der Waals surface area contributed by atoms with Crippen molar-refractivity contribution in [3.63, 3.8) is 0 Å². The Kier molecular flexibility index (Phi) is 5.44. The molecule has 0 aromatic heterocycles. The van der Waals surface area contributed by atoms with E-state index in [1.54, 1.807) is 31.4 Å². The Morgan fingerprint density at radius 2 is 1.89 bits per heavy atom. The van der Waals surface area contributed by atoms with Gasteiger partial charge in [0.2, 0.25) is 0 Å². The number of nitrogens with one attached hydrogen (secondary N) is 1. The molecular formula is C13H15NO4. The molecule has 1 aromatic carbocycles. The van der Waals surface area contributed by atoms with Gasteiger partial charge in [-0.05, 0) is 24.3 Å². The maximum atomic E-state index is 11.7. The van der Waals surface area contributed by atoms with Crippen LogP contribution in [-0.2, 0) is 9.53 Å². The summed E-state index contributed by atoms with van der Waals surface area (Å²) in [6.07, 6.45) is 2.78. The Morgan fingerprint density at radius 3 is 2.44 bits per heavy atom. The first-order valence-corrected chi connectivity index (χ1v) is 5.34. The first-order valence-electron chi connectivity index (χ1n) is 5.34. The lowest BCUT2D eigenvalue weighted by atomic mass is 10.2. The Labute approximate surface area is 105 Å². The summed E-state index contributed by atoms with van der Waals surface area (Å²) in [5.41, 5.74) is 0.530. The molecule has 5 nitrogen and oxygen atoms in total. The summed E-state index contributed by atoms with van der Waals surface area (Å²) in [6.45, 7) is 0.264. The van der Waals surface area contributed by atoms with Crippen molar-refractivity contribution >= 4 is 11.9 Å². The zero-order chi connectivity index (χ0) is 13.4. The second-order valence-electron chi connectivity index (χ2n) is 3.36. The van der Waals surface area contributed by atoms with Crippen LogP contribution in [0.15, 0.2) is 36.4 Å². The van der Waals surface area contributed by atoms with Crippen LogP contribution in [0.5, 0.6) is 5.75 Å². The summed E-state index contributed by atoms with van der Waals surface area (Å²) in [7, 11) is 2.86. The predicted octanol–water partition coefficient (Wildman–Crippen LogP) is 1.15. The third-order valence-electron chi connectivity index (χ3n) is 2.19. The summed E-state index contributed by atoms with van der Waals surface area (Å²) in [5, 5.41) is 2.64. The Bertz CT molecular complexity index is 437. The molecule has 18 heavy (non-hydrogen) atoms. The lowest BCUT2D eigenvalue weighted by molar-refractivity contribution is -0.134. The molecule has 0 saturated carbocycles. The molecule has 0 aliphatic heterocycles. The van der Waals surface area contributed by atoms with Crippen LogP contribution >= 0.6 is 0 Å². The monoisotopic (exact) mass is 249 g/mol. The van der Waals surface area contributed by atoms with E-state index in [1.807, 2.05) is 0 Å². The molecule has 0 aliphatic rings. The average molecular weight is 249 g/mol. The fourth-order valence-corrected chi connectivity index (χ4v) is 1.22. The fraction of sp³-hybridized carbons (Fsp3) is 0.231. The van der Waals surface area contributed by atoms with E-state index in [2.05, 4.69) is 10.1 Å². The fourth-order valence-electron chi connectivity index (χ4n) is 1.22. The number of carbonyl (C=O) groups is 2. The number of benzene rings is 1. The van der Waals surface area contributed by atoms with E-state index in [0.29, 0.717) is 11.3 Å². The Balaban J connectivity index is 2.45. The van der Waals surface area contributed by atoms with Crippen molar-refractivity contribution in [2.24, 2.45) is 0 Å². The Hall–Kier alpha value is -2.30. The van der Waals surface area contributed by atoms with Crippen LogP contribution in [0.25, 0.3) is 0 Å². The minimum Gasteiger partial charge on any atom is -0.497 e. The van der Waals surface area contributed by atoms with Crippen LogP contribution in [0.4, 0.5) is 0 Å². The van der Waals surface area contributed by atoms with E-state index in [1.165, 1.54) is 19.3 Å². The normalized spacial score (nSPS) is 10.1. The molecule has 96 valence electrons. The van der Waals surface area contributed by atoms with Crippen molar-refractivity contribution in [3.05, 3.63) is 42.0 Å².